The van der Waals surface area contributed by atoms with Gasteiger partial charge in [0, 0.05) is 0 Å². The van der Waals surface area contributed by atoms with Crippen LogP contribution in [0.3, 0.4) is 0 Å². The highest BCUT2D eigenvalue weighted by Crippen LogP contribution is 2.18. The minimum absolute atomic E-state index is 0.146. The standard InChI is InChI=1S/C12H20N4O3/c1-6-13-12(2,3)10(17)16-11-14-8(18-4)7-9(15-11)19-5/h7,13H,6H2,1-5H3,(H,14,15,16,17). The summed E-state index contributed by atoms with van der Waals surface area (Å²) in [6.45, 7) is 6.18. The second-order valence-electron chi connectivity index (χ2n) is 4.39. The molecule has 0 aromatic carbocycles. The summed E-state index contributed by atoms with van der Waals surface area (Å²) in [6, 6.07) is 1.53. The van der Waals surface area contributed by atoms with Gasteiger partial charge in [0.25, 0.3) is 0 Å². The van der Waals surface area contributed by atoms with Gasteiger partial charge in [0.05, 0.1) is 25.8 Å². The molecule has 0 bridgehead atoms. The molecule has 0 aliphatic rings. The van der Waals surface area contributed by atoms with Crippen LogP contribution < -0.4 is 20.1 Å². The van der Waals surface area contributed by atoms with Crippen LogP contribution in [0, 0.1) is 0 Å². The quantitative estimate of drug-likeness (QED) is 0.794. The smallest absolute Gasteiger partial charge is 0.246 e. The number of rotatable bonds is 6. The van der Waals surface area contributed by atoms with Crippen LogP contribution in [0.5, 0.6) is 11.8 Å². The SMILES string of the molecule is CCNC(C)(C)C(=O)Nc1nc(OC)cc(OC)n1. The Morgan fingerprint density at radius 2 is 1.79 bits per heavy atom. The van der Waals surface area contributed by atoms with Crippen molar-refractivity contribution >= 4 is 11.9 Å². The maximum Gasteiger partial charge on any atom is 0.246 e. The van der Waals surface area contributed by atoms with Gasteiger partial charge < -0.3 is 14.8 Å². The number of nitrogens with one attached hydrogen (secondary N) is 2. The Bertz CT molecular complexity index is 426. The Balaban J connectivity index is 2.90. The van der Waals surface area contributed by atoms with E-state index in [1.165, 1.54) is 20.3 Å². The van der Waals surface area contributed by atoms with Crippen molar-refractivity contribution in [2.45, 2.75) is 26.3 Å². The van der Waals surface area contributed by atoms with Gasteiger partial charge in [0.2, 0.25) is 23.6 Å². The van der Waals surface area contributed by atoms with Crippen LogP contribution in [-0.4, -0.2) is 42.2 Å². The zero-order valence-corrected chi connectivity index (χ0v) is 11.9. The van der Waals surface area contributed by atoms with Crippen LogP contribution >= 0.6 is 0 Å². The summed E-state index contributed by atoms with van der Waals surface area (Å²) in [4.78, 5) is 20.2. The first-order valence-electron chi connectivity index (χ1n) is 5.96. The van der Waals surface area contributed by atoms with E-state index in [9.17, 15) is 4.79 Å². The molecule has 0 aliphatic carbocycles. The largest absolute Gasteiger partial charge is 0.481 e. The summed E-state index contributed by atoms with van der Waals surface area (Å²) in [6.07, 6.45) is 0. The fourth-order valence-electron chi connectivity index (χ4n) is 1.45. The normalized spacial score (nSPS) is 11.0. The van der Waals surface area contributed by atoms with E-state index in [1.807, 2.05) is 6.92 Å². The first kappa shape index (κ1) is 15.2. The maximum absolute atomic E-state index is 12.1. The van der Waals surface area contributed by atoms with Crippen molar-refractivity contribution in [3.05, 3.63) is 6.07 Å². The van der Waals surface area contributed by atoms with Crippen molar-refractivity contribution in [2.24, 2.45) is 0 Å². The van der Waals surface area contributed by atoms with Gasteiger partial charge in [-0.3, -0.25) is 10.1 Å². The van der Waals surface area contributed by atoms with Crippen molar-refractivity contribution < 1.29 is 14.3 Å². The molecule has 0 aliphatic heterocycles. The number of nitrogens with zero attached hydrogens (tertiary/aromatic N) is 2. The number of ether oxygens (including phenoxy) is 2. The van der Waals surface area contributed by atoms with Crippen LogP contribution in [-0.2, 0) is 4.79 Å². The number of hydrogen-bond acceptors (Lipinski definition) is 6. The second-order valence-corrected chi connectivity index (χ2v) is 4.39. The van der Waals surface area contributed by atoms with Gasteiger partial charge in [-0.15, -0.1) is 0 Å². The molecule has 1 heterocycles. The number of methoxy groups -OCH3 is 2. The highest BCUT2D eigenvalue weighted by Gasteiger charge is 2.27. The van der Waals surface area contributed by atoms with Crippen LogP contribution in [0.4, 0.5) is 5.95 Å². The zero-order valence-electron chi connectivity index (χ0n) is 11.9. The molecular weight excluding hydrogens is 248 g/mol. The van der Waals surface area contributed by atoms with E-state index < -0.39 is 5.54 Å². The lowest BCUT2D eigenvalue weighted by atomic mass is 10.1. The molecule has 1 aromatic rings. The second kappa shape index (κ2) is 6.33. The third-order valence-corrected chi connectivity index (χ3v) is 2.51. The van der Waals surface area contributed by atoms with Crippen LogP contribution in [0.2, 0.25) is 0 Å². The molecule has 0 saturated carbocycles. The monoisotopic (exact) mass is 268 g/mol. The predicted molar refractivity (Wildman–Crippen MR) is 71.5 cm³/mol. The van der Waals surface area contributed by atoms with Crippen molar-refractivity contribution in [2.75, 3.05) is 26.1 Å². The number of anilines is 1. The van der Waals surface area contributed by atoms with E-state index >= 15 is 0 Å². The molecule has 0 unspecified atom stereocenters. The van der Waals surface area contributed by atoms with Gasteiger partial charge in [0.15, 0.2) is 0 Å². The van der Waals surface area contributed by atoms with Crippen LogP contribution in [0.15, 0.2) is 6.07 Å². The number of aromatic nitrogens is 2. The summed E-state index contributed by atoms with van der Waals surface area (Å²) in [7, 11) is 2.96. The van der Waals surface area contributed by atoms with Gasteiger partial charge in [-0.25, -0.2) is 0 Å². The summed E-state index contributed by atoms with van der Waals surface area (Å²) in [5.74, 6) is 0.559. The van der Waals surface area contributed by atoms with E-state index in [-0.39, 0.29) is 11.9 Å². The summed E-state index contributed by atoms with van der Waals surface area (Å²) >= 11 is 0. The molecule has 0 radical (unpaired) electrons. The minimum atomic E-state index is -0.714. The summed E-state index contributed by atoms with van der Waals surface area (Å²) in [5, 5.41) is 5.70. The highest BCUT2D eigenvalue weighted by molar-refractivity contribution is 5.96. The fourth-order valence-corrected chi connectivity index (χ4v) is 1.45. The van der Waals surface area contributed by atoms with Crippen molar-refractivity contribution in [1.29, 1.82) is 0 Å². The molecule has 0 fully saturated rings. The van der Waals surface area contributed by atoms with Gasteiger partial charge in [-0.05, 0) is 20.4 Å². The molecule has 7 heteroatoms. The van der Waals surface area contributed by atoms with E-state index in [2.05, 4.69) is 20.6 Å². The number of amides is 1. The van der Waals surface area contributed by atoms with E-state index in [4.69, 9.17) is 9.47 Å². The van der Waals surface area contributed by atoms with Gasteiger partial charge >= 0.3 is 0 Å². The Kier molecular flexibility index (Phi) is 5.05. The fraction of sp³-hybridized carbons (Fsp3) is 0.583. The predicted octanol–water partition coefficient (Wildman–Crippen LogP) is 0.820. The number of carbonyl (C=O) groups is 1. The van der Waals surface area contributed by atoms with Gasteiger partial charge in [0.1, 0.15) is 0 Å². The Morgan fingerprint density at radius 1 is 1.26 bits per heavy atom. The Labute approximate surface area is 112 Å². The van der Waals surface area contributed by atoms with Gasteiger partial charge in [-0.1, -0.05) is 6.92 Å². The molecule has 19 heavy (non-hydrogen) atoms. The number of carbonyl (C=O) groups excluding carboxylic acids is 1. The molecule has 2 N–H and O–H groups in total. The van der Waals surface area contributed by atoms with E-state index in [0.29, 0.717) is 18.3 Å². The molecule has 0 saturated heterocycles. The lowest BCUT2D eigenvalue weighted by Gasteiger charge is -2.23. The first-order chi connectivity index (χ1) is 8.92. The highest BCUT2D eigenvalue weighted by atomic mass is 16.5. The third kappa shape index (κ3) is 4.06. The molecule has 106 valence electrons. The van der Waals surface area contributed by atoms with E-state index in [1.54, 1.807) is 13.8 Å². The summed E-state index contributed by atoms with van der Waals surface area (Å²) in [5.41, 5.74) is -0.714. The average molecular weight is 268 g/mol. The Morgan fingerprint density at radius 3 is 2.21 bits per heavy atom. The van der Waals surface area contributed by atoms with Crippen molar-refractivity contribution in [1.82, 2.24) is 15.3 Å². The maximum atomic E-state index is 12.1. The molecule has 1 rings (SSSR count). The topological polar surface area (TPSA) is 85.4 Å². The molecular formula is C12H20N4O3. The van der Waals surface area contributed by atoms with Crippen LogP contribution in [0.1, 0.15) is 20.8 Å². The number of hydrogen-bond donors (Lipinski definition) is 2. The van der Waals surface area contributed by atoms with Gasteiger partial charge in [-0.2, -0.15) is 9.97 Å². The molecule has 0 atom stereocenters. The molecule has 7 nitrogen and oxygen atoms in total. The molecule has 0 spiro atoms. The van der Waals surface area contributed by atoms with Crippen molar-refractivity contribution in [3.8, 4) is 11.8 Å². The Hall–Kier alpha value is -1.89. The minimum Gasteiger partial charge on any atom is -0.481 e. The first-order valence-corrected chi connectivity index (χ1v) is 5.96. The lowest BCUT2D eigenvalue weighted by Crippen LogP contribution is -2.49. The summed E-state index contributed by atoms with van der Waals surface area (Å²) < 4.78 is 10.0. The van der Waals surface area contributed by atoms with E-state index in [0.717, 1.165) is 0 Å². The average Bonchev–Trinajstić information content (AvgIpc) is 2.38. The number of likely N-dealkylation sites (N-methyl/N-ethyl adjacent to an activating group) is 1. The third-order valence-electron chi connectivity index (χ3n) is 2.51. The lowest BCUT2D eigenvalue weighted by molar-refractivity contribution is -0.121. The molecule has 1 aromatic heterocycles. The van der Waals surface area contributed by atoms with Crippen molar-refractivity contribution in [3.63, 3.8) is 0 Å². The molecule has 1 amide bonds. The van der Waals surface area contributed by atoms with Crippen LogP contribution in [0.25, 0.3) is 0 Å². The zero-order chi connectivity index (χ0) is 14.5.